The predicted octanol–water partition coefficient (Wildman–Crippen LogP) is 5.57. The molecule has 9 heteroatoms. The Bertz CT molecular complexity index is 1960. The molecule has 0 N–H and O–H groups in total. The number of nitrogens with zero attached hydrogens (tertiary/aromatic N) is 5. The van der Waals surface area contributed by atoms with Gasteiger partial charge in [-0.3, -0.25) is 4.79 Å². The molecule has 0 radical (unpaired) electrons. The van der Waals surface area contributed by atoms with E-state index in [0.29, 0.717) is 21.9 Å². The molecule has 0 bridgehead atoms. The number of thiazole rings is 1. The molecule has 6 aromatic rings. The fourth-order valence-corrected chi connectivity index (χ4v) is 5.26. The van der Waals surface area contributed by atoms with Crippen LogP contribution in [0, 0.1) is 12.7 Å². The minimum absolute atomic E-state index is 0.254. The van der Waals surface area contributed by atoms with E-state index in [2.05, 4.69) is 10.1 Å². The maximum atomic E-state index is 13.3. The molecule has 0 saturated carbocycles. The molecular weight excluding hydrogens is 525 g/mol. The van der Waals surface area contributed by atoms with Gasteiger partial charge in [0, 0.05) is 17.3 Å². The van der Waals surface area contributed by atoms with E-state index in [0.717, 1.165) is 39.4 Å². The number of aromatic nitrogens is 5. The second kappa shape index (κ2) is 10.7. The van der Waals surface area contributed by atoms with Gasteiger partial charge in [0.05, 0.1) is 16.8 Å². The van der Waals surface area contributed by atoms with E-state index in [9.17, 15) is 9.18 Å². The first-order valence-corrected chi connectivity index (χ1v) is 13.5. The normalized spacial score (nSPS) is 12.1. The lowest BCUT2D eigenvalue weighted by Gasteiger charge is -2.08. The number of aryl methyl sites for hydroxylation is 1. The van der Waals surface area contributed by atoms with Gasteiger partial charge in [-0.05, 0) is 79.6 Å². The van der Waals surface area contributed by atoms with Gasteiger partial charge in [-0.2, -0.15) is 14.6 Å². The van der Waals surface area contributed by atoms with Gasteiger partial charge in [-0.1, -0.05) is 47.7 Å². The molecule has 3 aromatic carbocycles. The first-order chi connectivity index (χ1) is 19.5. The second-order valence-corrected chi connectivity index (χ2v) is 10.1. The van der Waals surface area contributed by atoms with Crippen molar-refractivity contribution in [3.8, 4) is 22.7 Å². The summed E-state index contributed by atoms with van der Waals surface area (Å²) in [7, 11) is 0. The number of fused-ring (bicyclic) bond motifs is 1. The van der Waals surface area contributed by atoms with Gasteiger partial charge in [-0.25, -0.2) is 9.07 Å². The molecule has 0 unspecified atom stereocenters. The zero-order chi connectivity index (χ0) is 27.6. The van der Waals surface area contributed by atoms with Crippen LogP contribution in [0.25, 0.3) is 40.1 Å². The minimum atomic E-state index is -0.298. The van der Waals surface area contributed by atoms with Gasteiger partial charge in [0.2, 0.25) is 4.96 Å². The molecule has 0 aliphatic carbocycles. The summed E-state index contributed by atoms with van der Waals surface area (Å²) in [6.45, 7) is 4.55. The summed E-state index contributed by atoms with van der Waals surface area (Å²) in [4.78, 5) is 18.3. The highest BCUT2D eigenvalue weighted by atomic mass is 32.1. The molecule has 0 aliphatic rings. The van der Waals surface area contributed by atoms with Crippen LogP contribution in [-0.2, 0) is 0 Å². The van der Waals surface area contributed by atoms with Crippen LogP contribution in [0.15, 0.2) is 83.8 Å². The third-order valence-electron chi connectivity index (χ3n) is 6.29. The Morgan fingerprint density at radius 1 is 1.00 bits per heavy atom. The van der Waals surface area contributed by atoms with Crippen molar-refractivity contribution in [1.29, 1.82) is 0 Å². The van der Waals surface area contributed by atoms with E-state index in [-0.39, 0.29) is 11.4 Å². The van der Waals surface area contributed by atoms with E-state index in [1.54, 1.807) is 24.3 Å². The molecule has 0 amide bonds. The Hall–Kier alpha value is -4.89. The highest BCUT2D eigenvalue weighted by Gasteiger charge is 2.15. The summed E-state index contributed by atoms with van der Waals surface area (Å²) in [5.74, 6) is 0.935. The molecule has 0 fully saturated rings. The molecule has 0 saturated heterocycles. The van der Waals surface area contributed by atoms with Gasteiger partial charge in [-0.15, -0.1) is 5.10 Å². The summed E-state index contributed by atoms with van der Waals surface area (Å²) in [5.41, 5.74) is 4.93. The molecule has 198 valence electrons. The van der Waals surface area contributed by atoms with Crippen LogP contribution in [0.3, 0.4) is 0 Å². The van der Waals surface area contributed by atoms with Crippen molar-refractivity contribution in [2.45, 2.75) is 13.8 Å². The molecule has 6 rings (SSSR count). The van der Waals surface area contributed by atoms with Crippen LogP contribution in [0.5, 0.6) is 5.75 Å². The smallest absolute Gasteiger partial charge is 0.291 e. The van der Waals surface area contributed by atoms with Crippen molar-refractivity contribution in [1.82, 2.24) is 24.4 Å². The van der Waals surface area contributed by atoms with Crippen LogP contribution in [-0.4, -0.2) is 31.0 Å². The minimum Gasteiger partial charge on any atom is -0.494 e. The quantitative estimate of drug-likeness (QED) is 0.260. The van der Waals surface area contributed by atoms with Gasteiger partial charge in [0.25, 0.3) is 5.56 Å². The molecule has 40 heavy (non-hydrogen) atoms. The monoisotopic (exact) mass is 549 g/mol. The zero-order valence-electron chi connectivity index (χ0n) is 21.8. The van der Waals surface area contributed by atoms with Crippen LogP contribution in [0.2, 0.25) is 0 Å². The number of benzene rings is 3. The number of hydrogen-bond donors (Lipinski definition) is 0. The van der Waals surface area contributed by atoms with Crippen molar-refractivity contribution < 1.29 is 9.13 Å². The molecule has 7 nitrogen and oxygen atoms in total. The Morgan fingerprint density at radius 3 is 2.52 bits per heavy atom. The number of halogens is 1. The summed E-state index contributed by atoms with van der Waals surface area (Å²) in [6.07, 6.45) is 7.24. The first-order valence-electron chi connectivity index (χ1n) is 12.7. The van der Waals surface area contributed by atoms with Gasteiger partial charge >= 0.3 is 0 Å². The zero-order valence-corrected chi connectivity index (χ0v) is 22.6. The van der Waals surface area contributed by atoms with E-state index in [4.69, 9.17) is 9.84 Å². The third kappa shape index (κ3) is 5.06. The largest absolute Gasteiger partial charge is 0.494 e. The standard InChI is InChI=1S/C31H24FN5O2S/c1-3-39-26-15-12-22(17-20(26)2)29-23(19-36(35-29)25-7-5-4-6-8-25)18-27-30(38)37-31(40-27)33-28(34-37)16-11-21-9-13-24(32)14-10-21/h4-19H,3H2,1-2H3/b16-11+,27-18-. The fraction of sp³-hybridized carbons (Fsp3) is 0.0968. The lowest BCUT2D eigenvalue weighted by atomic mass is 10.0. The van der Waals surface area contributed by atoms with Crippen molar-refractivity contribution in [2.24, 2.45) is 0 Å². The molecule has 0 atom stereocenters. The lowest BCUT2D eigenvalue weighted by Crippen LogP contribution is -2.23. The molecular formula is C31H24FN5O2S. The third-order valence-corrected chi connectivity index (χ3v) is 7.25. The highest BCUT2D eigenvalue weighted by molar-refractivity contribution is 7.15. The lowest BCUT2D eigenvalue weighted by molar-refractivity contribution is 0.338. The first kappa shape index (κ1) is 25.4. The summed E-state index contributed by atoms with van der Waals surface area (Å²) in [6, 6.07) is 21.9. The van der Waals surface area contributed by atoms with Gasteiger partial charge < -0.3 is 4.74 Å². The van der Waals surface area contributed by atoms with E-state index < -0.39 is 0 Å². The Kier molecular flexibility index (Phi) is 6.79. The van der Waals surface area contributed by atoms with Crippen LogP contribution >= 0.6 is 11.3 Å². The van der Waals surface area contributed by atoms with Gasteiger partial charge in [0.15, 0.2) is 5.82 Å². The Balaban J connectivity index is 1.41. The van der Waals surface area contributed by atoms with Gasteiger partial charge in [0.1, 0.15) is 17.3 Å². The number of rotatable bonds is 7. The molecule has 3 heterocycles. The summed E-state index contributed by atoms with van der Waals surface area (Å²) >= 11 is 1.27. The van der Waals surface area contributed by atoms with Crippen molar-refractivity contribution >= 4 is 34.5 Å². The maximum absolute atomic E-state index is 13.3. The maximum Gasteiger partial charge on any atom is 0.291 e. The second-order valence-electron chi connectivity index (χ2n) is 9.09. The van der Waals surface area contributed by atoms with Crippen molar-refractivity contribution in [3.63, 3.8) is 0 Å². The van der Waals surface area contributed by atoms with Crippen LogP contribution in [0.1, 0.15) is 29.4 Å². The summed E-state index contributed by atoms with van der Waals surface area (Å²) in [5, 5.41) is 9.25. The number of hydrogen-bond acceptors (Lipinski definition) is 6. The van der Waals surface area contributed by atoms with Crippen LogP contribution < -0.4 is 14.8 Å². The topological polar surface area (TPSA) is 74.3 Å². The average Bonchev–Trinajstić information content (AvgIpc) is 3.65. The fourth-order valence-electron chi connectivity index (χ4n) is 4.35. The number of para-hydroxylation sites is 1. The average molecular weight is 550 g/mol. The number of ether oxygens (including phenoxy) is 1. The molecule has 0 spiro atoms. The van der Waals surface area contributed by atoms with E-state index >= 15 is 0 Å². The highest BCUT2D eigenvalue weighted by Crippen LogP contribution is 2.29. The molecule has 0 aliphatic heterocycles. The Labute approximate surface area is 233 Å². The van der Waals surface area contributed by atoms with E-state index in [1.807, 2.05) is 79.3 Å². The SMILES string of the molecule is CCOc1ccc(-c2nn(-c3ccccc3)cc2/C=c2\sc3nc(/C=C/c4ccc(F)cc4)nn3c2=O)cc1C. The Morgan fingerprint density at radius 2 is 1.80 bits per heavy atom. The van der Waals surface area contributed by atoms with Crippen molar-refractivity contribution in [3.05, 3.63) is 122 Å². The van der Waals surface area contributed by atoms with Crippen LogP contribution in [0.4, 0.5) is 4.39 Å². The summed E-state index contributed by atoms with van der Waals surface area (Å²) < 4.78 is 22.5. The molecule has 3 aromatic heterocycles. The van der Waals surface area contributed by atoms with Crippen molar-refractivity contribution in [2.75, 3.05) is 6.61 Å². The van der Waals surface area contributed by atoms with E-state index in [1.165, 1.54) is 28.0 Å². The predicted molar refractivity (Wildman–Crippen MR) is 156 cm³/mol.